The average Bonchev–Trinajstić information content (AvgIpc) is 2.53. The Labute approximate surface area is 142 Å². The zero-order valence-corrected chi connectivity index (χ0v) is 14.3. The molecule has 0 saturated carbocycles. The Hall–Kier alpha value is -2.13. The standard InChI is InChI=1S/C19H22ClNO2/c1-4-6-15-9-14(10-18(19(15)22)23-5-2)12-21-16-8-7-13(3)17(20)11-16/h4,7-11,21-22H,1,5-6,12H2,2-3H3. The molecule has 23 heavy (non-hydrogen) atoms. The summed E-state index contributed by atoms with van der Waals surface area (Å²) in [5.41, 5.74) is 3.84. The second-order valence-electron chi connectivity index (χ2n) is 5.35. The number of ether oxygens (including phenoxy) is 1. The highest BCUT2D eigenvalue weighted by Crippen LogP contribution is 2.32. The smallest absolute Gasteiger partial charge is 0.161 e. The van der Waals surface area contributed by atoms with E-state index in [9.17, 15) is 5.11 Å². The number of halogens is 1. The van der Waals surface area contributed by atoms with Crippen molar-refractivity contribution < 1.29 is 9.84 Å². The lowest BCUT2D eigenvalue weighted by Crippen LogP contribution is -2.02. The van der Waals surface area contributed by atoms with Gasteiger partial charge in [0.15, 0.2) is 11.5 Å². The van der Waals surface area contributed by atoms with E-state index >= 15 is 0 Å². The summed E-state index contributed by atoms with van der Waals surface area (Å²) >= 11 is 6.15. The zero-order chi connectivity index (χ0) is 16.8. The number of hydrogen-bond donors (Lipinski definition) is 2. The van der Waals surface area contributed by atoms with Crippen LogP contribution in [-0.4, -0.2) is 11.7 Å². The number of anilines is 1. The van der Waals surface area contributed by atoms with Gasteiger partial charge in [0.05, 0.1) is 6.61 Å². The van der Waals surface area contributed by atoms with Crippen molar-refractivity contribution in [2.45, 2.75) is 26.8 Å². The van der Waals surface area contributed by atoms with Crippen molar-refractivity contribution in [3.8, 4) is 11.5 Å². The molecule has 0 atom stereocenters. The van der Waals surface area contributed by atoms with E-state index in [1.54, 1.807) is 6.08 Å². The maximum Gasteiger partial charge on any atom is 0.161 e. The van der Waals surface area contributed by atoms with Gasteiger partial charge in [0.25, 0.3) is 0 Å². The molecule has 0 fully saturated rings. The summed E-state index contributed by atoms with van der Waals surface area (Å²) in [5, 5.41) is 14.3. The molecule has 0 amide bonds. The number of rotatable bonds is 7. The van der Waals surface area contributed by atoms with E-state index < -0.39 is 0 Å². The molecule has 0 aromatic heterocycles. The minimum absolute atomic E-state index is 0.189. The van der Waals surface area contributed by atoms with Crippen molar-refractivity contribution in [1.29, 1.82) is 0 Å². The maximum atomic E-state index is 10.2. The van der Waals surface area contributed by atoms with Gasteiger partial charge in [-0.3, -0.25) is 0 Å². The van der Waals surface area contributed by atoms with E-state index in [2.05, 4.69) is 11.9 Å². The highest BCUT2D eigenvalue weighted by molar-refractivity contribution is 6.31. The van der Waals surface area contributed by atoms with Gasteiger partial charge in [0, 0.05) is 22.8 Å². The summed E-state index contributed by atoms with van der Waals surface area (Å²) in [6.07, 6.45) is 2.36. The summed E-state index contributed by atoms with van der Waals surface area (Å²) in [4.78, 5) is 0. The van der Waals surface area contributed by atoms with E-state index in [4.69, 9.17) is 16.3 Å². The van der Waals surface area contributed by atoms with Crippen LogP contribution in [-0.2, 0) is 13.0 Å². The zero-order valence-electron chi connectivity index (χ0n) is 13.5. The number of allylic oxidation sites excluding steroid dienone is 1. The number of hydrogen-bond acceptors (Lipinski definition) is 3. The second-order valence-corrected chi connectivity index (χ2v) is 5.75. The third kappa shape index (κ3) is 4.42. The van der Waals surface area contributed by atoms with Gasteiger partial charge in [-0.1, -0.05) is 23.7 Å². The van der Waals surface area contributed by atoms with Crippen molar-refractivity contribution in [1.82, 2.24) is 0 Å². The molecule has 122 valence electrons. The SMILES string of the molecule is C=CCc1cc(CNc2ccc(C)c(Cl)c2)cc(OCC)c1O. The molecule has 3 nitrogen and oxygen atoms in total. The number of phenolic OH excluding ortho intramolecular Hbond substituents is 1. The van der Waals surface area contributed by atoms with Crippen LogP contribution >= 0.6 is 11.6 Å². The highest BCUT2D eigenvalue weighted by atomic mass is 35.5. The summed E-state index contributed by atoms with van der Waals surface area (Å²) < 4.78 is 5.52. The Kier molecular flexibility index (Phi) is 5.94. The first-order valence-corrected chi connectivity index (χ1v) is 8.01. The van der Waals surface area contributed by atoms with Crippen LogP contribution in [0.1, 0.15) is 23.6 Å². The molecule has 4 heteroatoms. The van der Waals surface area contributed by atoms with Crippen molar-refractivity contribution in [2.75, 3.05) is 11.9 Å². The lowest BCUT2D eigenvalue weighted by molar-refractivity contribution is 0.316. The minimum Gasteiger partial charge on any atom is -0.504 e. The molecule has 0 spiro atoms. The maximum absolute atomic E-state index is 10.2. The van der Waals surface area contributed by atoms with E-state index in [1.165, 1.54) is 0 Å². The van der Waals surface area contributed by atoms with Gasteiger partial charge >= 0.3 is 0 Å². The molecule has 0 aliphatic rings. The van der Waals surface area contributed by atoms with Gasteiger partial charge in [0.1, 0.15) is 0 Å². The van der Waals surface area contributed by atoms with Gasteiger partial charge in [-0.25, -0.2) is 0 Å². The van der Waals surface area contributed by atoms with E-state index in [-0.39, 0.29) is 5.75 Å². The van der Waals surface area contributed by atoms with Crippen molar-refractivity contribution in [3.63, 3.8) is 0 Å². The summed E-state index contributed by atoms with van der Waals surface area (Å²) in [5.74, 6) is 0.694. The molecule has 0 heterocycles. The number of aryl methyl sites for hydroxylation is 1. The molecule has 2 aromatic carbocycles. The number of phenols is 1. The van der Waals surface area contributed by atoms with Gasteiger partial charge in [-0.05, 0) is 55.7 Å². The molecular formula is C19H22ClNO2. The normalized spacial score (nSPS) is 10.4. The molecular weight excluding hydrogens is 310 g/mol. The topological polar surface area (TPSA) is 41.5 Å². The van der Waals surface area contributed by atoms with Gasteiger partial charge < -0.3 is 15.2 Å². The van der Waals surface area contributed by atoms with Crippen LogP contribution in [0.15, 0.2) is 43.0 Å². The monoisotopic (exact) mass is 331 g/mol. The first kappa shape index (κ1) is 17.2. The van der Waals surface area contributed by atoms with Crippen molar-refractivity contribution in [3.05, 3.63) is 64.7 Å². The van der Waals surface area contributed by atoms with Crippen molar-refractivity contribution >= 4 is 17.3 Å². The molecule has 0 radical (unpaired) electrons. The third-order valence-electron chi connectivity index (χ3n) is 3.55. The van der Waals surface area contributed by atoms with Crippen LogP contribution < -0.4 is 10.1 Å². The molecule has 0 aliphatic carbocycles. The van der Waals surface area contributed by atoms with Gasteiger partial charge in [-0.15, -0.1) is 6.58 Å². The predicted molar refractivity (Wildman–Crippen MR) is 96.7 cm³/mol. The lowest BCUT2D eigenvalue weighted by Gasteiger charge is -2.14. The Morgan fingerprint density at radius 2 is 2.09 bits per heavy atom. The lowest BCUT2D eigenvalue weighted by atomic mass is 10.1. The second kappa shape index (κ2) is 7.93. The first-order chi connectivity index (χ1) is 11.0. The number of aromatic hydroxyl groups is 1. The largest absolute Gasteiger partial charge is 0.504 e. The molecule has 2 aromatic rings. The molecule has 0 aliphatic heterocycles. The number of nitrogens with one attached hydrogen (secondary N) is 1. The van der Waals surface area contributed by atoms with E-state index in [0.717, 1.165) is 27.4 Å². The summed E-state index contributed by atoms with van der Waals surface area (Å²) in [6.45, 7) is 8.72. The summed E-state index contributed by atoms with van der Waals surface area (Å²) in [7, 11) is 0. The van der Waals surface area contributed by atoms with Crippen LogP contribution in [0.5, 0.6) is 11.5 Å². The molecule has 0 saturated heterocycles. The molecule has 0 unspecified atom stereocenters. The Balaban J connectivity index is 2.20. The fourth-order valence-electron chi connectivity index (χ4n) is 2.31. The van der Waals surface area contributed by atoms with E-state index in [1.807, 2.05) is 44.2 Å². The highest BCUT2D eigenvalue weighted by Gasteiger charge is 2.10. The minimum atomic E-state index is 0.189. The predicted octanol–water partition coefficient (Wildman–Crippen LogP) is 5.09. The molecule has 2 rings (SSSR count). The number of benzene rings is 2. The Morgan fingerprint density at radius 3 is 2.74 bits per heavy atom. The van der Waals surface area contributed by atoms with Crippen LogP contribution in [0.25, 0.3) is 0 Å². The fourth-order valence-corrected chi connectivity index (χ4v) is 2.49. The molecule has 0 bridgehead atoms. The third-order valence-corrected chi connectivity index (χ3v) is 3.95. The van der Waals surface area contributed by atoms with Gasteiger partial charge in [0.2, 0.25) is 0 Å². The Morgan fingerprint density at radius 1 is 1.30 bits per heavy atom. The average molecular weight is 332 g/mol. The fraction of sp³-hybridized carbons (Fsp3) is 0.263. The van der Waals surface area contributed by atoms with Gasteiger partial charge in [-0.2, -0.15) is 0 Å². The van der Waals surface area contributed by atoms with Crippen molar-refractivity contribution in [2.24, 2.45) is 0 Å². The Bertz CT molecular complexity index is 698. The van der Waals surface area contributed by atoms with Crippen LogP contribution in [0.4, 0.5) is 5.69 Å². The van der Waals surface area contributed by atoms with Crippen LogP contribution in [0.3, 0.4) is 0 Å². The summed E-state index contributed by atoms with van der Waals surface area (Å²) in [6, 6.07) is 9.70. The van der Waals surface area contributed by atoms with Crippen LogP contribution in [0, 0.1) is 6.92 Å². The van der Waals surface area contributed by atoms with Crippen LogP contribution in [0.2, 0.25) is 5.02 Å². The molecule has 2 N–H and O–H groups in total. The quantitative estimate of drug-likeness (QED) is 0.694. The van der Waals surface area contributed by atoms with E-state index in [0.29, 0.717) is 25.3 Å². The first-order valence-electron chi connectivity index (χ1n) is 7.63.